The second-order valence-corrected chi connectivity index (χ2v) is 15.4. The van der Waals surface area contributed by atoms with E-state index in [2.05, 4.69) is 26.8 Å². The summed E-state index contributed by atoms with van der Waals surface area (Å²) < 4.78 is 28.0. The van der Waals surface area contributed by atoms with Crippen LogP contribution < -0.4 is 25.6 Å². The van der Waals surface area contributed by atoms with Crippen LogP contribution in [0, 0.1) is 27.7 Å². The van der Waals surface area contributed by atoms with E-state index in [0.29, 0.717) is 15.6 Å². The first kappa shape index (κ1) is 34.9. The van der Waals surface area contributed by atoms with E-state index in [1.54, 1.807) is 29.6 Å². The Morgan fingerprint density at radius 1 is 0.809 bits per heavy atom. The molecule has 0 bridgehead atoms. The van der Waals surface area contributed by atoms with Gasteiger partial charge in [-0.3, -0.25) is 9.52 Å². The van der Waals surface area contributed by atoms with Crippen LogP contribution in [0.2, 0.25) is 10.0 Å². The average molecular weight is 715 g/mol. The van der Waals surface area contributed by atoms with E-state index in [-0.39, 0.29) is 16.5 Å². The molecule has 47 heavy (non-hydrogen) atoms. The van der Waals surface area contributed by atoms with Gasteiger partial charge in [0.1, 0.15) is 4.88 Å². The molecule has 2 aliphatic rings. The quantitative estimate of drug-likeness (QED) is 0.165. The Labute approximate surface area is 291 Å². The van der Waals surface area contributed by atoms with E-state index >= 15 is 0 Å². The van der Waals surface area contributed by atoms with Crippen LogP contribution in [-0.2, 0) is 10.0 Å². The first-order chi connectivity index (χ1) is 22.4. The Kier molecular flexibility index (Phi) is 11.0. The Morgan fingerprint density at radius 2 is 1.34 bits per heavy atom. The van der Waals surface area contributed by atoms with E-state index in [1.165, 1.54) is 36.3 Å². The number of halogens is 2. The fourth-order valence-corrected chi connectivity index (χ4v) is 9.00. The van der Waals surface area contributed by atoms with Gasteiger partial charge in [-0.15, -0.1) is 11.3 Å². The minimum absolute atomic E-state index is 0.136. The zero-order valence-corrected chi connectivity index (χ0v) is 30.3. The first-order valence-electron chi connectivity index (χ1n) is 15.7. The van der Waals surface area contributed by atoms with Gasteiger partial charge in [-0.05, 0) is 111 Å². The predicted octanol–water partition coefficient (Wildman–Crippen LogP) is 8.81. The number of amides is 1. The second-order valence-electron chi connectivity index (χ2n) is 12.0. The first-order valence-corrected chi connectivity index (χ1v) is 18.8. The maximum atomic E-state index is 13.2. The smallest absolute Gasteiger partial charge is 0.267 e. The molecule has 6 rings (SSSR count). The lowest BCUT2D eigenvalue weighted by molar-refractivity contribution is 0.103. The molecule has 250 valence electrons. The summed E-state index contributed by atoms with van der Waals surface area (Å²) in [6, 6.07) is 13.5. The van der Waals surface area contributed by atoms with Crippen molar-refractivity contribution < 1.29 is 13.2 Å². The summed E-state index contributed by atoms with van der Waals surface area (Å²) in [5.41, 5.74) is 13.9. The van der Waals surface area contributed by atoms with Gasteiger partial charge in [-0.2, -0.15) is 0 Å². The van der Waals surface area contributed by atoms with E-state index in [4.69, 9.17) is 28.9 Å². The van der Waals surface area contributed by atoms with Crippen molar-refractivity contribution >= 4 is 78.9 Å². The highest BCUT2D eigenvalue weighted by Gasteiger charge is 2.24. The topological polar surface area (TPSA) is 108 Å². The number of nitrogen functional groups attached to an aromatic ring is 1. The number of rotatable bonds is 7. The van der Waals surface area contributed by atoms with Crippen molar-refractivity contribution in [3.8, 4) is 0 Å². The second kappa shape index (κ2) is 14.8. The van der Waals surface area contributed by atoms with Gasteiger partial charge >= 0.3 is 0 Å². The van der Waals surface area contributed by atoms with Gasteiger partial charge in [0.15, 0.2) is 0 Å². The SMILES string of the molecule is Cc1cc(Cl)c(N2CCCC2)c(C)c1N.Cc1cc(Cl)c(N2CCCC2)c(C)c1NC(=O)c1sccc1NS(=O)(=O)c1ccccc1. The molecule has 2 aliphatic heterocycles. The van der Waals surface area contributed by atoms with Gasteiger partial charge in [-0.25, -0.2) is 8.42 Å². The van der Waals surface area contributed by atoms with Gasteiger partial charge < -0.3 is 20.9 Å². The number of carbonyl (C=O) groups is 1. The molecule has 0 spiro atoms. The highest BCUT2D eigenvalue weighted by Crippen LogP contribution is 2.40. The standard InChI is InChI=1S/C23H24ClN3O3S2.C12H17ClN2/c1-15-14-18(24)21(27-11-6-7-12-27)16(2)20(15)25-23(28)22-19(10-13-31-22)26-32(29,30)17-8-4-3-5-9-17;1-8-7-10(13)12(9(2)11(8)14)15-5-3-4-6-15/h3-5,8-10,13-14,26H,6-7,11-12H2,1-2H3,(H,25,28);7H,3-6,14H2,1-2H3. The number of hydrogen-bond donors (Lipinski definition) is 3. The van der Waals surface area contributed by atoms with Gasteiger partial charge in [-0.1, -0.05) is 41.4 Å². The average Bonchev–Trinajstić information content (AvgIpc) is 3.83. The summed E-state index contributed by atoms with van der Waals surface area (Å²) in [5.74, 6) is -0.369. The lowest BCUT2D eigenvalue weighted by atomic mass is 10.1. The Balaban J connectivity index is 0.000000241. The van der Waals surface area contributed by atoms with Crippen molar-refractivity contribution in [1.82, 2.24) is 0 Å². The molecule has 4 aromatic rings. The van der Waals surface area contributed by atoms with Gasteiger partial charge in [0.25, 0.3) is 15.9 Å². The van der Waals surface area contributed by atoms with Crippen molar-refractivity contribution in [2.75, 3.05) is 51.8 Å². The highest BCUT2D eigenvalue weighted by molar-refractivity contribution is 7.92. The van der Waals surface area contributed by atoms with E-state index < -0.39 is 10.0 Å². The molecular weight excluding hydrogens is 673 g/mol. The van der Waals surface area contributed by atoms with Crippen LogP contribution in [0.15, 0.2) is 58.8 Å². The third kappa shape index (κ3) is 7.67. The minimum atomic E-state index is -3.80. The van der Waals surface area contributed by atoms with Crippen LogP contribution in [0.3, 0.4) is 0 Å². The number of thiophene rings is 1. The van der Waals surface area contributed by atoms with Crippen molar-refractivity contribution in [3.05, 3.63) is 91.1 Å². The molecule has 3 heterocycles. The van der Waals surface area contributed by atoms with Crippen LogP contribution in [0.25, 0.3) is 0 Å². The van der Waals surface area contributed by atoms with E-state index in [0.717, 1.165) is 83.4 Å². The molecule has 3 aromatic carbocycles. The zero-order valence-electron chi connectivity index (χ0n) is 27.1. The number of aryl methyl sites for hydroxylation is 2. The molecule has 2 fully saturated rings. The van der Waals surface area contributed by atoms with Gasteiger partial charge in [0.05, 0.1) is 32.0 Å². The van der Waals surface area contributed by atoms with Crippen molar-refractivity contribution in [2.24, 2.45) is 0 Å². The van der Waals surface area contributed by atoms with Crippen LogP contribution in [0.5, 0.6) is 0 Å². The summed E-state index contributed by atoms with van der Waals surface area (Å²) >= 11 is 14.0. The lowest BCUT2D eigenvalue weighted by Gasteiger charge is -2.25. The van der Waals surface area contributed by atoms with Crippen LogP contribution in [0.4, 0.5) is 28.4 Å². The molecule has 1 amide bonds. The zero-order chi connectivity index (χ0) is 33.9. The van der Waals surface area contributed by atoms with Crippen LogP contribution in [-0.4, -0.2) is 40.5 Å². The molecular formula is C35H41Cl2N5O3S2. The lowest BCUT2D eigenvalue weighted by Crippen LogP contribution is -2.21. The van der Waals surface area contributed by atoms with Crippen molar-refractivity contribution in [2.45, 2.75) is 58.3 Å². The van der Waals surface area contributed by atoms with Crippen LogP contribution in [0.1, 0.15) is 57.6 Å². The maximum absolute atomic E-state index is 13.2. The maximum Gasteiger partial charge on any atom is 0.267 e. The summed E-state index contributed by atoms with van der Waals surface area (Å²) in [7, 11) is -3.80. The molecule has 1 aromatic heterocycles. The Morgan fingerprint density at radius 3 is 1.91 bits per heavy atom. The Hall–Kier alpha value is -3.44. The fourth-order valence-electron chi connectivity index (χ4n) is 6.25. The molecule has 0 atom stereocenters. The number of nitrogens with zero attached hydrogens (tertiary/aromatic N) is 2. The fraction of sp³-hybridized carbons (Fsp3) is 0.343. The number of sulfonamides is 1. The third-order valence-corrected chi connectivity index (χ3v) is 11.6. The monoisotopic (exact) mass is 713 g/mol. The molecule has 4 N–H and O–H groups in total. The van der Waals surface area contributed by atoms with E-state index in [1.807, 2.05) is 32.9 Å². The number of benzene rings is 3. The van der Waals surface area contributed by atoms with Crippen molar-refractivity contribution in [3.63, 3.8) is 0 Å². The molecule has 0 saturated carbocycles. The molecule has 0 aliphatic carbocycles. The Bertz CT molecular complexity index is 1870. The molecule has 8 nitrogen and oxygen atoms in total. The van der Waals surface area contributed by atoms with Crippen molar-refractivity contribution in [1.29, 1.82) is 0 Å². The van der Waals surface area contributed by atoms with E-state index in [9.17, 15) is 13.2 Å². The number of nitrogens with two attached hydrogens (primary N) is 1. The summed E-state index contributed by atoms with van der Waals surface area (Å²) in [4.78, 5) is 18.2. The minimum Gasteiger partial charge on any atom is -0.398 e. The third-order valence-electron chi connectivity index (χ3n) is 8.70. The largest absolute Gasteiger partial charge is 0.398 e. The van der Waals surface area contributed by atoms with Crippen LogP contribution >= 0.6 is 34.5 Å². The molecule has 2 saturated heterocycles. The number of anilines is 5. The number of hydrogen-bond acceptors (Lipinski definition) is 7. The molecule has 12 heteroatoms. The summed E-state index contributed by atoms with van der Waals surface area (Å²) in [6.45, 7) is 12.0. The van der Waals surface area contributed by atoms with Gasteiger partial charge in [0.2, 0.25) is 0 Å². The molecule has 0 unspecified atom stereocenters. The normalized spacial score (nSPS) is 14.6. The number of nitrogens with one attached hydrogen (secondary N) is 2. The summed E-state index contributed by atoms with van der Waals surface area (Å²) in [5, 5.41) is 6.19. The molecule has 0 radical (unpaired) electrons. The summed E-state index contributed by atoms with van der Waals surface area (Å²) in [6.07, 6.45) is 4.74. The highest BCUT2D eigenvalue weighted by atomic mass is 35.5. The number of carbonyl (C=O) groups excluding carboxylic acids is 1. The predicted molar refractivity (Wildman–Crippen MR) is 199 cm³/mol. The van der Waals surface area contributed by atoms with Gasteiger partial charge in [0, 0.05) is 37.6 Å².